The van der Waals surface area contributed by atoms with Crippen LogP contribution in [0.15, 0.2) is 73.3 Å². The molecule has 31 heavy (non-hydrogen) atoms. The van der Waals surface area contributed by atoms with E-state index in [2.05, 4.69) is 21.8 Å². The van der Waals surface area contributed by atoms with Crippen LogP contribution in [0, 0.1) is 0 Å². The van der Waals surface area contributed by atoms with Crippen molar-refractivity contribution in [1.29, 1.82) is 0 Å². The number of carbonyl (C=O) groups excluding carboxylic acids is 1. The third-order valence-electron chi connectivity index (χ3n) is 5.54. The van der Waals surface area contributed by atoms with Gasteiger partial charge in [-0.15, -0.1) is 0 Å². The maximum atomic E-state index is 11.5. The lowest BCUT2D eigenvalue weighted by atomic mass is 10.1. The van der Waals surface area contributed by atoms with Gasteiger partial charge in [0.1, 0.15) is 5.69 Å². The number of primary amides is 1. The van der Waals surface area contributed by atoms with E-state index < -0.39 is 5.91 Å². The highest BCUT2D eigenvalue weighted by Gasteiger charge is 2.21. The van der Waals surface area contributed by atoms with Crippen molar-refractivity contribution in [3.8, 4) is 0 Å². The quantitative estimate of drug-likeness (QED) is 0.408. The summed E-state index contributed by atoms with van der Waals surface area (Å²) in [4.78, 5) is 15.7. The number of aryl methyl sites for hydroxylation is 1. The molecule has 0 radical (unpaired) electrons. The van der Waals surface area contributed by atoms with E-state index >= 15 is 0 Å². The standard InChI is InChI=1S/C24H25ClN4O2/c1-17(31-15-18-5-3-2-4-6-18)22(29-14-21(24(26)30)27-16-29)10-12-28-11-9-19-7-8-20(25)13-23(19)28/h2-9,11,13-14,16-17,22H,10,12,15H2,1H3,(H2,26,30). The van der Waals surface area contributed by atoms with Crippen molar-refractivity contribution in [2.75, 3.05) is 0 Å². The number of benzene rings is 2. The van der Waals surface area contributed by atoms with Crippen LogP contribution < -0.4 is 5.73 Å². The lowest BCUT2D eigenvalue weighted by Crippen LogP contribution is -2.25. The van der Waals surface area contributed by atoms with Crippen LogP contribution >= 0.6 is 11.6 Å². The van der Waals surface area contributed by atoms with Crippen molar-refractivity contribution >= 4 is 28.4 Å². The normalized spacial score (nSPS) is 13.4. The molecule has 2 atom stereocenters. The van der Waals surface area contributed by atoms with Crippen molar-refractivity contribution in [1.82, 2.24) is 14.1 Å². The molecule has 0 aliphatic rings. The van der Waals surface area contributed by atoms with Crippen LogP contribution in [0.5, 0.6) is 0 Å². The molecular formula is C24H25ClN4O2. The van der Waals surface area contributed by atoms with E-state index in [9.17, 15) is 4.79 Å². The fourth-order valence-electron chi connectivity index (χ4n) is 3.81. The van der Waals surface area contributed by atoms with E-state index in [-0.39, 0.29) is 17.8 Å². The van der Waals surface area contributed by atoms with E-state index in [0.717, 1.165) is 29.4 Å². The minimum absolute atomic E-state index is 0.0269. The van der Waals surface area contributed by atoms with Gasteiger partial charge in [0.25, 0.3) is 5.91 Å². The number of carbonyl (C=O) groups is 1. The van der Waals surface area contributed by atoms with Gasteiger partial charge in [0.05, 0.1) is 25.1 Å². The number of aromatic nitrogens is 3. The summed E-state index contributed by atoms with van der Waals surface area (Å²) in [7, 11) is 0. The largest absolute Gasteiger partial charge is 0.372 e. The van der Waals surface area contributed by atoms with Gasteiger partial charge >= 0.3 is 0 Å². The number of nitrogens with two attached hydrogens (primary N) is 1. The van der Waals surface area contributed by atoms with Crippen LogP contribution in [0.25, 0.3) is 10.9 Å². The SMILES string of the molecule is CC(OCc1ccccc1)C(CCn1ccc2ccc(Cl)cc21)n1cnc(C(N)=O)c1. The lowest BCUT2D eigenvalue weighted by Gasteiger charge is -2.26. The third kappa shape index (κ3) is 4.98. The summed E-state index contributed by atoms with van der Waals surface area (Å²) in [6, 6.07) is 18.0. The van der Waals surface area contributed by atoms with E-state index in [1.165, 1.54) is 0 Å². The molecule has 0 saturated carbocycles. The molecule has 0 aliphatic heterocycles. The highest BCUT2D eigenvalue weighted by molar-refractivity contribution is 6.31. The van der Waals surface area contributed by atoms with Gasteiger partial charge in [-0.3, -0.25) is 4.79 Å². The van der Waals surface area contributed by atoms with Gasteiger partial charge in [0.2, 0.25) is 0 Å². The van der Waals surface area contributed by atoms with Crippen molar-refractivity contribution in [2.24, 2.45) is 5.73 Å². The van der Waals surface area contributed by atoms with Gasteiger partial charge < -0.3 is 19.6 Å². The van der Waals surface area contributed by atoms with Gasteiger partial charge in [-0.2, -0.15) is 0 Å². The van der Waals surface area contributed by atoms with Crippen molar-refractivity contribution in [2.45, 2.75) is 38.6 Å². The smallest absolute Gasteiger partial charge is 0.268 e. The van der Waals surface area contributed by atoms with Gasteiger partial charge in [0.15, 0.2) is 0 Å². The minimum Gasteiger partial charge on any atom is -0.372 e. The van der Waals surface area contributed by atoms with Crippen LogP contribution in [0.3, 0.4) is 0 Å². The Hall–Kier alpha value is -3.09. The Balaban J connectivity index is 1.53. The van der Waals surface area contributed by atoms with Crippen LogP contribution in [0.4, 0.5) is 0 Å². The highest BCUT2D eigenvalue weighted by atomic mass is 35.5. The third-order valence-corrected chi connectivity index (χ3v) is 5.77. The van der Waals surface area contributed by atoms with Crippen molar-refractivity contribution < 1.29 is 9.53 Å². The monoisotopic (exact) mass is 436 g/mol. The summed E-state index contributed by atoms with van der Waals surface area (Å²) >= 11 is 6.20. The fraction of sp³-hybridized carbons (Fsp3) is 0.250. The first-order valence-corrected chi connectivity index (χ1v) is 10.6. The van der Waals surface area contributed by atoms with Crippen molar-refractivity contribution in [3.05, 3.63) is 89.6 Å². The maximum absolute atomic E-state index is 11.5. The zero-order valence-corrected chi connectivity index (χ0v) is 18.1. The summed E-state index contributed by atoms with van der Waals surface area (Å²) in [6.07, 6.45) is 6.08. The highest BCUT2D eigenvalue weighted by Crippen LogP contribution is 2.25. The molecule has 4 rings (SSSR count). The van der Waals surface area contributed by atoms with Crippen LogP contribution in [-0.2, 0) is 17.9 Å². The Kier molecular flexibility index (Phi) is 6.39. The van der Waals surface area contributed by atoms with Gasteiger partial charge in [-0.05, 0) is 42.5 Å². The molecule has 0 saturated heterocycles. The van der Waals surface area contributed by atoms with Gasteiger partial charge in [-0.1, -0.05) is 48.0 Å². The van der Waals surface area contributed by atoms with Crippen molar-refractivity contribution in [3.63, 3.8) is 0 Å². The topological polar surface area (TPSA) is 75.1 Å². The fourth-order valence-corrected chi connectivity index (χ4v) is 3.97. The second kappa shape index (κ2) is 9.37. The summed E-state index contributed by atoms with van der Waals surface area (Å²) in [5.41, 5.74) is 7.86. The molecule has 0 spiro atoms. The van der Waals surface area contributed by atoms with Gasteiger partial charge in [-0.25, -0.2) is 4.98 Å². The summed E-state index contributed by atoms with van der Waals surface area (Å²) < 4.78 is 10.3. The van der Waals surface area contributed by atoms with Gasteiger partial charge in [0, 0.05) is 29.5 Å². The molecule has 0 bridgehead atoms. The number of nitrogens with zero attached hydrogens (tertiary/aromatic N) is 3. The second-order valence-electron chi connectivity index (χ2n) is 7.64. The van der Waals surface area contributed by atoms with Crippen LogP contribution in [-0.4, -0.2) is 26.1 Å². The molecule has 4 aromatic rings. The number of amides is 1. The summed E-state index contributed by atoms with van der Waals surface area (Å²) in [5, 5.41) is 1.86. The molecule has 2 unspecified atom stereocenters. The number of fused-ring (bicyclic) bond motifs is 1. The predicted molar refractivity (Wildman–Crippen MR) is 122 cm³/mol. The average molecular weight is 437 g/mol. The Morgan fingerprint density at radius 3 is 2.74 bits per heavy atom. The maximum Gasteiger partial charge on any atom is 0.268 e. The number of halogens is 1. The molecule has 0 aliphatic carbocycles. The summed E-state index contributed by atoms with van der Waals surface area (Å²) in [5.74, 6) is -0.540. The molecule has 0 fully saturated rings. The lowest BCUT2D eigenvalue weighted by molar-refractivity contribution is 0.0137. The first-order chi connectivity index (χ1) is 15.0. The Bertz CT molecular complexity index is 1170. The molecule has 160 valence electrons. The Morgan fingerprint density at radius 1 is 1.19 bits per heavy atom. The molecule has 2 aromatic carbocycles. The molecule has 7 heteroatoms. The molecule has 2 heterocycles. The predicted octanol–water partition coefficient (Wildman–Crippen LogP) is 4.83. The number of rotatable bonds is 9. The van der Waals surface area contributed by atoms with E-state index in [4.69, 9.17) is 22.1 Å². The molecule has 6 nitrogen and oxygen atoms in total. The number of hydrogen-bond acceptors (Lipinski definition) is 3. The van der Waals surface area contributed by atoms with E-state index in [0.29, 0.717) is 11.6 Å². The molecular weight excluding hydrogens is 412 g/mol. The zero-order valence-electron chi connectivity index (χ0n) is 17.3. The number of imidazole rings is 1. The zero-order chi connectivity index (χ0) is 21.8. The molecule has 2 aromatic heterocycles. The van der Waals surface area contributed by atoms with E-state index in [1.807, 2.05) is 60.0 Å². The van der Waals surface area contributed by atoms with E-state index in [1.54, 1.807) is 12.5 Å². The molecule has 1 amide bonds. The Morgan fingerprint density at radius 2 is 2.00 bits per heavy atom. The minimum atomic E-state index is -0.540. The van der Waals surface area contributed by atoms with Crippen LogP contribution in [0.2, 0.25) is 5.02 Å². The second-order valence-corrected chi connectivity index (χ2v) is 8.08. The molecule has 2 N–H and O–H groups in total. The first-order valence-electron chi connectivity index (χ1n) is 10.2. The first kappa shape index (κ1) is 21.2. The Labute approximate surface area is 186 Å². The van der Waals surface area contributed by atoms with Crippen LogP contribution in [0.1, 0.15) is 35.4 Å². The summed E-state index contributed by atoms with van der Waals surface area (Å²) in [6.45, 7) is 3.32. The number of hydrogen-bond donors (Lipinski definition) is 1. The average Bonchev–Trinajstić information content (AvgIpc) is 3.41. The number of ether oxygens (including phenoxy) is 1.